The van der Waals surface area contributed by atoms with Crippen LogP contribution in [0.2, 0.25) is 0 Å². The zero-order chi connectivity index (χ0) is 11.6. The molecule has 0 aromatic carbocycles. The lowest BCUT2D eigenvalue weighted by molar-refractivity contribution is -0.151. The number of ether oxygens (including phenoxy) is 1. The molecule has 1 unspecified atom stereocenters. The molecule has 0 radical (unpaired) electrons. The van der Waals surface area contributed by atoms with Crippen LogP contribution in [0.3, 0.4) is 0 Å². The number of carbonyl (C=O) groups excluding carboxylic acids is 1. The summed E-state index contributed by atoms with van der Waals surface area (Å²) in [5, 5.41) is 3.44. The van der Waals surface area contributed by atoms with Gasteiger partial charge in [0.25, 0.3) is 0 Å². The molecule has 0 bridgehead atoms. The van der Waals surface area contributed by atoms with E-state index in [-0.39, 0.29) is 5.97 Å². The molecule has 2 aliphatic carbocycles. The van der Waals surface area contributed by atoms with Crippen LogP contribution in [0.5, 0.6) is 0 Å². The van der Waals surface area contributed by atoms with E-state index >= 15 is 0 Å². The van der Waals surface area contributed by atoms with Gasteiger partial charge in [-0.05, 0) is 51.5 Å². The van der Waals surface area contributed by atoms with Crippen molar-refractivity contribution in [3.05, 3.63) is 0 Å². The second-order valence-corrected chi connectivity index (χ2v) is 5.52. The summed E-state index contributed by atoms with van der Waals surface area (Å²) in [7, 11) is 0. The minimum Gasteiger partial charge on any atom is -0.465 e. The Balaban J connectivity index is 1.88. The van der Waals surface area contributed by atoms with E-state index in [0.717, 1.165) is 24.8 Å². The molecule has 0 saturated heterocycles. The normalized spacial score (nSPS) is 23.9. The molecule has 1 atom stereocenters. The van der Waals surface area contributed by atoms with Gasteiger partial charge < -0.3 is 10.1 Å². The van der Waals surface area contributed by atoms with Crippen molar-refractivity contribution in [2.75, 3.05) is 13.2 Å². The van der Waals surface area contributed by atoms with Gasteiger partial charge in [-0.25, -0.2) is 0 Å². The molecule has 16 heavy (non-hydrogen) atoms. The Bertz CT molecular complexity index is 259. The summed E-state index contributed by atoms with van der Waals surface area (Å²) in [6.07, 6.45) is 6.13. The predicted octanol–water partition coefficient (Wildman–Crippen LogP) is 2.11. The highest BCUT2D eigenvalue weighted by Gasteiger charge is 2.40. The van der Waals surface area contributed by atoms with E-state index in [1.807, 2.05) is 13.8 Å². The van der Waals surface area contributed by atoms with Crippen molar-refractivity contribution in [2.45, 2.75) is 51.5 Å². The third-order valence-electron chi connectivity index (χ3n) is 3.60. The van der Waals surface area contributed by atoms with Crippen LogP contribution in [0.4, 0.5) is 0 Å². The van der Waals surface area contributed by atoms with Gasteiger partial charge in [-0.3, -0.25) is 4.79 Å². The monoisotopic (exact) mass is 225 g/mol. The average molecular weight is 225 g/mol. The summed E-state index contributed by atoms with van der Waals surface area (Å²) in [5.74, 6) is 1.47. The topological polar surface area (TPSA) is 38.3 Å². The van der Waals surface area contributed by atoms with Crippen molar-refractivity contribution in [1.29, 1.82) is 0 Å². The second-order valence-electron chi connectivity index (χ2n) is 5.52. The molecule has 2 aliphatic rings. The van der Waals surface area contributed by atoms with E-state index in [1.165, 1.54) is 25.7 Å². The lowest BCUT2D eigenvalue weighted by Crippen LogP contribution is -2.51. The van der Waals surface area contributed by atoms with Crippen LogP contribution in [0, 0.1) is 11.8 Å². The van der Waals surface area contributed by atoms with Crippen LogP contribution < -0.4 is 5.32 Å². The maximum Gasteiger partial charge on any atom is 0.326 e. The lowest BCUT2D eigenvalue weighted by Gasteiger charge is -2.28. The van der Waals surface area contributed by atoms with Gasteiger partial charge in [-0.15, -0.1) is 0 Å². The van der Waals surface area contributed by atoms with Crippen molar-refractivity contribution < 1.29 is 9.53 Å². The Morgan fingerprint density at radius 3 is 2.44 bits per heavy atom. The zero-order valence-corrected chi connectivity index (χ0v) is 10.4. The average Bonchev–Trinajstić information content (AvgIpc) is 3.10. The van der Waals surface area contributed by atoms with E-state index in [1.54, 1.807) is 0 Å². The first-order chi connectivity index (χ1) is 7.64. The molecule has 2 fully saturated rings. The summed E-state index contributed by atoms with van der Waals surface area (Å²) < 4.78 is 5.19. The summed E-state index contributed by atoms with van der Waals surface area (Å²) in [6.45, 7) is 5.33. The van der Waals surface area contributed by atoms with Crippen molar-refractivity contribution in [3.63, 3.8) is 0 Å². The van der Waals surface area contributed by atoms with Gasteiger partial charge in [0.05, 0.1) is 6.61 Å². The van der Waals surface area contributed by atoms with Gasteiger partial charge in [0.15, 0.2) is 0 Å². The number of rotatable bonds is 7. The third-order valence-corrected chi connectivity index (χ3v) is 3.60. The van der Waals surface area contributed by atoms with Crippen LogP contribution in [0.25, 0.3) is 0 Å². The highest BCUT2D eigenvalue weighted by atomic mass is 16.5. The van der Waals surface area contributed by atoms with Crippen LogP contribution in [0.15, 0.2) is 0 Å². The minimum absolute atomic E-state index is 0.0671. The fourth-order valence-electron chi connectivity index (χ4n) is 2.11. The molecular weight excluding hydrogens is 202 g/mol. The molecule has 1 N–H and O–H groups in total. The quantitative estimate of drug-likeness (QED) is 0.674. The molecule has 92 valence electrons. The summed E-state index contributed by atoms with van der Waals surface area (Å²) in [5.41, 5.74) is -0.445. The first-order valence-electron chi connectivity index (χ1n) is 6.56. The maximum atomic E-state index is 12.0. The smallest absolute Gasteiger partial charge is 0.326 e. The van der Waals surface area contributed by atoms with E-state index in [2.05, 4.69) is 5.32 Å². The number of nitrogens with one attached hydrogen (secondary N) is 1. The largest absolute Gasteiger partial charge is 0.465 e. The molecule has 2 saturated carbocycles. The molecule has 0 aromatic heterocycles. The highest BCUT2D eigenvalue weighted by Crippen LogP contribution is 2.37. The third kappa shape index (κ3) is 3.21. The zero-order valence-electron chi connectivity index (χ0n) is 10.4. The predicted molar refractivity (Wildman–Crippen MR) is 63.1 cm³/mol. The molecule has 0 aliphatic heterocycles. The molecule has 0 heterocycles. The molecule has 0 spiro atoms. The number of hydrogen-bond donors (Lipinski definition) is 1. The first-order valence-corrected chi connectivity index (χ1v) is 6.56. The first kappa shape index (κ1) is 11.9. The molecular formula is C13H23NO2. The van der Waals surface area contributed by atoms with Crippen LogP contribution >= 0.6 is 0 Å². The van der Waals surface area contributed by atoms with Gasteiger partial charge >= 0.3 is 5.97 Å². The Morgan fingerprint density at radius 2 is 1.94 bits per heavy atom. The van der Waals surface area contributed by atoms with E-state index in [4.69, 9.17) is 4.74 Å². The SMILES string of the molecule is CCOC(=O)C(C)(CC1CC1)NCC1CC1. The second kappa shape index (κ2) is 4.74. The number of carbonyl (C=O) groups is 1. The number of hydrogen-bond acceptors (Lipinski definition) is 3. The Morgan fingerprint density at radius 1 is 1.31 bits per heavy atom. The van der Waals surface area contributed by atoms with E-state index in [0.29, 0.717) is 6.61 Å². The summed E-state index contributed by atoms with van der Waals surface area (Å²) in [4.78, 5) is 12.0. The van der Waals surface area contributed by atoms with Gasteiger partial charge in [0.1, 0.15) is 5.54 Å². The van der Waals surface area contributed by atoms with Gasteiger partial charge in [-0.1, -0.05) is 12.8 Å². The summed E-state index contributed by atoms with van der Waals surface area (Å²) >= 11 is 0. The van der Waals surface area contributed by atoms with Crippen molar-refractivity contribution in [2.24, 2.45) is 11.8 Å². The van der Waals surface area contributed by atoms with Crippen LogP contribution in [-0.4, -0.2) is 24.7 Å². The Hall–Kier alpha value is -0.570. The van der Waals surface area contributed by atoms with E-state index in [9.17, 15) is 4.79 Å². The van der Waals surface area contributed by atoms with Crippen LogP contribution in [-0.2, 0) is 9.53 Å². The molecule has 0 aromatic rings. The van der Waals surface area contributed by atoms with E-state index < -0.39 is 5.54 Å². The van der Waals surface area contributed by atoms with Crippen LogP contribution in [0.1, 0.15) is 46.0 Å². The summed E-state index contributed by atoms with van der Waals surface area (Å²) in [6, 6.07) is 0. The Kier molecular flexibility index (Phi) is 3.53. The standard InChI is InChI=1S/C13H23NO2/c1-3-16-12(15)13(2,8-10-4-5-10)14-9-11-6-7-11/h10-11,14H,3-9H2,1-2H3. The lowest BCUT2D eigenvalue weighted by atomic mass is 9.94. The van der Waals surface area contributed by atoms with Crippen molar-refractivity contribution in [3.8, 4) is 0 Å². The molecule has 2 rings (SSSR count). The minimum atomic E-state index is -0.445. The maximum absolute atomic E-state index is 12.0. The van der Waals surface area contributed by atoms with Crippen molar-refractivity contribution >= 4 is 5.97 Å². The highest BCUT2D eigenvalue weighted by molar-refractivity contribution is 5.80. The Labute approximate surface area is 97.9 Å². The van der Waals surface area contributed by atoms with Crippen molar-refractivity contribution in [1.82, 2.24) is 5.32 Å². The number of esters is 1. The van der Waals surface area contributed by atoms with Gasteiger partial charge in [0.2, 0.25) is 0 Å². The van der Waals surface area contributed by atoms with Gasteiger partial charge in [-0.2, -0.15) is 0 Å². The van der Waals surface area contributed by atoms with Gasteiger partial charge in [0, 0.05) is 0 Å². The fourth-order valence-corrected chi connectivity index (χ4v) is 2.11. The fraction of sp³-hybridized carbons (Fsp3) is 0.923. The molecule has 3 nitrogen and oxygen atoms in total. The molecule has 3 heteroatoms. The molecule has 0 amide bonds.